The topological polar surface area (TPSA) is 36.4 Å². The first-order chi connectivity index (χ1) is 14.2. The van der Waals surface area contributed by atoms with Crippen LogP contribution in [0.15, 0.2) is 60.7 Å². The van der Waals surface area contributed by atoms with Crippen LogP contribution in [-0.4, -0.2) is 52.9 Å². The minimum atomic E-state index is 0. The molecule has 4 rings (SSSR count). The molecule has 0 spiro atoms. The van der Waals surface area contributed by atoms with Gasteiger partial charge in [-0.3, -0.25) is 4.79 Å². The Kier molecular flexibility index (Phi) is 7.46. The van der Waals surface area contributed by atoms with Gasteiger partial charge in [-0.15, -0.1) is 12.4 Å². The molecule has 2 aromatic carbocycles. The maximum atomic E-state index is 13.5. The van der Waals surface area contributed by atoms with Gasteiger partial charge in [0.05, 0.1) is 16.8 Å². The van der Waals surface area contributed by atoms with Crippen molar-refractivity contribution in [1.29, 1.82) is 0 Å². The normalized spacial score (nSPS) is 14.7. The third kappa shape index (κ3) is 4.50. The highest BCUT2D eigenvalue weighted by atomic mass is 35.5. The Balaban J connectivity index is 0.00000256. The molecule has 158 valence electrons. The number of pyridine rings is 1. The Hall–Kier alpha value is -2.43. The van der Waals surface area contributed by atoms with Crippen molar-refractivity contribution in [2.45, 2.75) is 32.7 Å². The Morgan fingerprint density at radius 2 is 1.63 bits per heavy atom. The average molecular weight is 424 g/mol. The minimum absolute atomic E-state index is 0. The van der Waals surface area contributed by atoms with Crippen LogP contribution in [0.25, 0.3) is 22.2 Å². The molecule has 3 aromatic rings. The summed E-state index contributed by atoms with van der Waals surface area (Å²) in [5, 5.41) is 0.933. The third-order valence-electron chi connectivity index (χ3n) is 6.10. The van der Waals surface area contributed by atoms with E-state index in [1.165, 1.54) is 0 Å². The second-order valence-corrected chi connectivity index (χ2v) is 7.68. The van der Waals surface area contributed by atoms with Crippen LogP contribution in [0.1, 0.15) is 37.0 Å². The van der Waals surface area contributed by atoms with Gasteiger partial charge in [0.25, 0.3) is 5.91 Å². The standard InChI is InChI=1S/C25H29N3O.ClH/c1-3-27(4-2)20-14-16-28(17-15-20)25(29)22-18-24(19-10-6-5-7-11-19)26-23-13-9-8-12-21(22)23;/h5-13,18,20H,3-4,14-17H2,1-2H3;1H. The summed E-state index contributed by atoms with van der Waals surface area (Å²) in [6.45, 7) is 8.22. The largest absolute Gasteiger partial charge is 0.339 e. The summed E-state index contributed by atoms with van der Waals surface area (Å²) in [6.07, 6.45) is 2.09. The lowest BCUT2D eigenvalue weighted by Crippen LogP contribution is -2.46. The number of para-hydroxylation sites is 1. The van der Waals surface area contributed by atoms with Crippen molar-refractivity contribution in [3.05, 3.63) is 66.2 Å². The van der Waals surface area contributed by atoms with Crippen LogP contribution in [0.5, 0.6) is 0 Å². The van der Waals surface area contributed by atoms with E-state index < -0.39 is 0 Å². The first-order valence-corrected chi connectivity index (χ1v) is 10.7. The van der Waals surface area contributed by atoms with Gasteiger partial charge in [0.15, 0.2) is 0 Å². The van der Waals surface area contributed by atoms with Crippen LogP contribution >= 0.6 is 12.4 Å². The lowest BCUT2D eigenvalue weighted by atomic mass is 9.99. The van der Waals surface area contributed by atoms with Gasteiger partial charge < -0.3 is 9.80 Å². The smallest absolute Gasteiger partial charge is 0.254 e. The van der Waals surface area contributed by atoms with Gasteiger partial charge in [-0.05, 0) is 38.1 Å². The predicted molar refractivity (Wildman–Crippen MR) is 126 cm³/mol. The van der Waals surface area contributed by atoms with Gasteiger partial charge in [-0.2, -0.15) is 0 Å². The molecule has 5 heteroatoms. The summed E-state index contributed by atoms with van der Waals surface area (Å²) in [6, 6.07) is 20.6. The highest BCUT2D eigenvalue weighted by Gasteiger charge is 2.27. The average Bonchev–Trinajstić information content (AvgIpc) is 2.80. The summed E-state index contributed by atoms with van der Waals surface area (Å²) in [7, 11) is 0. The number of likely N-dealkylation sites (tertiary alicyclic amines) is 1. The monoisotopic (exact) mass is 423 g/mol. The summed E-state index contributed by atoms with van der Waals surface area (Å²) in [5.74, 6) is 0.124. The molecule has 30 heavy (non-hydrogen) atoms. The molecule has 2 heterocycles. The summed E-state index contributed by atoms with van der Waals surface area (Å²) in [4.78, 5) is 22.8. The van der Waals surface area contributed by atoms with Crippen LogP contribution in [0.2, 0.25) is 0 Å². The van der Waals surface area contributed by atoms with E-state index in [9.17, 15) is 4.79 Å². The molecule has 1 fully saturated rings. The number of rotatable bonds is 5. The fraction of sp³-hybridized carbons (Fsp3) is 0.360. The molecule has 4 nitrogen and oxygen atoms in total. The van der Waals surface area contributed by atoms with E-state index >= 15 is 0 Å². The van der Waals surface area contributed by atoms with Gasteiger partial charge in [-0.1, -0.05) is 62.4 Å². The molecule has 0 saturated carbocycles. The van der Waals surface area contributed by atoms with Crippen molar-refractivity contribution in [3.8, 4) is 11.3 Å². The van der Waals surface area contributed by atoms with Crippen molar-refractivity contribution in [3.63, 3.8) is 0 Å². The molecule has 1 amide bonds. The van der Waals surface area contributed by atoms with E-state index in [4.69, 9.17) is 4.98 Å². The summed E-state index contributed by atoms with van der Waals surface area (Å²) < 4.78 is 0. The molecule has 0 aliphatic carbocycles. The molecule has 1 aromatic heterocycles. The number of fused-ring (bicyclic) bond motifs is 1. The fourth-order valence-electron chi connectivity index (χ4n) is 4.45. The van der Waals surface area contributed by atoms with E-state index in [1.807, 2.05) is 65.6 Å². The Morgan fingerprint density at radius 3 is 2.30 bits per heavy atom. The molecule has 0 bridgehead atoms. The Bertz CT molecular complexity index is 980. The Morgan fingerprint density at radius 1 is 1.00 bits per heavy atom. The molecule has 1 aliphatic rings. The second-order valence-electron chi connectivity index (χ2n) is 7.68. The molecular formula is C25H30ClN3O. The van der Waals surface area contributed by atoms with Gasteiger partial charge in [0.1, 0.15) is 0 Å². The van der Waals surface area contributed by atoms with Gasteiger partial charge in [-0.25, -0.2) is 4.98 Å². The van der Waals surface area contributed by atoms with Gasteiger partial charge in [0.2, 0.25) is 0 Å². The zero-order chi connectivity index (χ0) is 20.2. The predicted octanol–water partition coefficient (Wildman–Crippen LogP) is 5.27. The van der Waals surface area contributed by atoms with Gasteiger partial charge in [0, 0.05) is 30.1 Å². The number of amides is 1. The third-order valence-corrected chi connectivity index (χ3v) is 6.10. The second kappa shape index (κ2) is 10.1. The summed E-state index contributed by atoms with van der Waals surface area (Å²) in [5.41, 5.74) is 3.52. The minimum Gasteiger partial charge on any atom is -0.339 e. The Labute approximate surface area is 185 Å². The maximum Gasteiger partial charge on any atom is 0.254 e. The zero-order valence-corrected chi connectivity index (χ0v) is 18.6. The number of carbonyl (C=O) groups is 1. The number of piperidine rings is 1. The lowest BCUT2D eigenvalue weighted by molar-refractivity contribution is 0.0633. The number of aromatic nitrogens is 1. The van der Waals surface area contributed by atoms with Crippen molar-refractivity contribution in [2.24, 2.45) is 0 Å². The first-order valence-electron chi connectivity index (χ1n) is 10.7. The molecule has 1 aliphatic heterocycles. The highest BCUT2D eigenvalue weighted by molar-refractivity contribution is 6.07. The van der Waals surface area contributed by atoms with Crippen LogP contribution in [0.4, 0.5) is 0 Å². The number of hydrogen-bond acceptors (Lipinski definition) is 3. The van der Waals surface area contributed by atoms with Crippen molar-refractivity contribution in [2.75, 3.05) is 26.2 Å². The molecule has 0 unspecified atom stereocenters. The SMILES string of the molecule is CCN(CC)C1CCN(C(=O)c2cc(-c3ccccc3)nc3ccccc23)CC1.Cl. The highest BCUT2D eigenvalue weighted by Crippen LogP contribution is 2.27. The molecule has 0 atom stereocenters. The van der Waals surface area contributed by atoms with Crippen molar-refractivity contribution < 1.29 is 4.79 Å². The van der Waals surface area contributed by atoms with E-state index in [2.05, 4.69) is 18.7 Å². The number of hydrogen-bond donors (Lipinski definition) is 0. The molecule has 0 radical (unpaired) electrons. The quantitative estimate of drug-likeness (QED) is 0.560. The fourth-order valence-corrected chi connectivity index (χ4v) is 4.45. The molecule has 0 N–H and O–H groups in total. The van der Waals surface area contributed by atoms with E-state index in [1.54, 1.807) is 0 Å². The number of carbonyl (C=O) groups excluding carboxylic acids is 1. The summed E-state index contributed by atoms with van der Waals surface area (Å²) >= 11 is 0. The van der Waals surface area contributed by atoms with Crippen LogP contribution < -0.4 is 0 Å². The number of benzene rings is 2. The molecule has 1 saturated heterocycles. The maximum absolute atomic E-state index is 13.5. The number of halogens is 1. The van der Waals surface area contributed by atoms with Gasteiger partial charge >= 0.3 is 0 Å². The van der Waals surface area contributed by atoms with Crippen LogP contribution in [0, 0.1) is 0 Å². The van der Waals surface area contributed by atoms with Crippen molar-refractivity contribution >= 4 is 29.2 Å². The van der Waals surface area contributed by atoms with E-state index in [0.717, 1.165) is 66.7 Å². The van der Waals surface area contributed by atoms with Crippen molar-refractivity contribution in [1.82, 2.24) is 14.8 Å². The lowest BCUT2D eigenvalue weighted by Gasteiger charge is -2.37. The van der Waals surface area contributed by atoms with E-state index in [0.29, 0.717) is 6.04 Å². The van der Waals surface area contributed by atoms with Crippen LogP contribution in [-0.2, 0) is 0 Å². The van der Waals surface area contributed by atoms with E-state index in [-0.39, 0.29) is 18.3 Å². The zero-order valence-electron chi connectivity index (χ0n) is 17.8. The number of nitrogens with zero attached hydrogens (tertiary/aromatic N) is 3. The first kappa shape index (κ1) is 22.3. The molecular weight excluding hydrogens is 394 g/mol. The van der Waals surface area contributed by atoms with Crippen LogP contribution in [0.3, 0.4) is 0 Å².